The first-order valence-corrected chi connectivity index (χ1v) is 16.5. The van der Waals surface area contributed by atoms with Crippen molar-refractivity contribution in [3.05, 3.63) is 110 Å². The van der Waals surface area contributed by atoms with E-state index in [1.165, 1.54) is 45.6 Å². The maximum absolute atomic E-state index is 13.7. The average molecular weight is 661 g/mol. The molecule has 1 aromatic heterocycles. The molecule has 1 amide bonds. The molecule has 4 aromatic rings. The number of aromatic nitrogens is 1. The number of nitrogens with zero attached hydrogens (tertiary/aromatic N) is 4. The molecule has 1 aliphatic heterocycles. The third-order valence-electron chi connectivity index (χ3n) is 8.17. The molecule has 0 saturated carbocycles. The van der Waals surface area contributed by atoms with Gasteiger partial charge in [-0.3, -0.25) is 14.9 Å². The lowest BCUT2D eigenvalue weighted by molar-refractivity contribution is -0.384. The molecule has 0 unspecified atom stereocenters. The predicted molar refractivity (Wildman–Crippen MR) is 173 cm³/mol. The van der Waals surface area contributed by atoms with E-state index >= 15 is 0 Å². The number of hydrogen-bond donors (Lipinski definition) is 0. The van der Waals surface area contributed by atoms with Crippen LogP contribution in [0.5, 0.6) is 0 Å². The maximum atomic E-state index is 13.7. The quantitative estimate of drug-likeness (QED) is 0.147. The summed E-state index contributed by atoms with van der Waals surface area (Å²) in [5, 5.41) is 12.3. The Morgan fingerprint density at radius 3 is 2.46 bits per heavy atom. The Balaban J connectivity index is 1.19. The van der Waals surface area contributed by atoms with Crippen LogP contribution in [0.2, 0.25) is 5.02 Å². The fourth-order valence-corrected chi connectivity index (χ4v) is 7.41. The van der Waals surface area contributed by atoms with E-state index in [-0.39, 0.29) is 36.8 Å². The number of non-ortho nitro benzene ring substituents is 1. The lowest BCUT2D eigenvalue weighted by atomic mass is 9.86. The number of para-hydroxylation sites is 1. The van der Waals surface area contributed by atoms with Gasteiger partial charge in [-0.15, -0.1) is 0 Å². The van der Waals surface area contributed by atoms with Crippen LogP contribution in [0.4, 0.5) is 5.69 Å². The van der Waals surface area contributed by atoms with Crippen molar-refractivity contribution >= 4 is 61.7 Å². The Morgan fingerprint density at radius 1 is 0.978 bits per heavy atom. The van der Waals surface area contributed by atoms with E-state index in [2.05, 4.69) is 0 Å². The number of esters is 1. The van der Waals surface area contributed by atoms with Crippen molar-refractivity contribution in [2.75, 3.05) is 32.8 Å². The van der Waals surface area contributed by atoms with Crippen molar-refractivity contribution in [3.8, 4) is 0 Å². The number of rotatable bonds is 7. The number of halogens is 1. The highest BCUT2D eigenvalue weighted by Crippen LogP contribution is 2.36. The summed E-state index contributed by atoms with van der Waals surface area (Å²) in [5.41, 5.74) is 3.76. The zero-order chi connectivity index (χ0) is 32.4. The Bertz CT molecular complexity index is 1990. The highest BCUT2D eigenvalue weighted by atomic mass is 35.5. The number of fused-ring (bicyclic) bond motifs is 2. The Morgan fingerprint density at radius 2 is 1.72 bits per heavy atom. The second kappa shape index (κ2) is 13.0. The number of amides is 1. The molecular formula is C33H29ClN4O7S. The summed E-state index contributed by atoms with van der Waals surface area (Å²) in [7, 11) is -3.74. The number of ether oxygens (including phenoxy) is 1. The first-order chi connectivity index (χ1) is 22.1. The van der Waals surface area contributed by atoms with Gasteiger partial charge in [-0.05, 0) is 72.4 Å². The zero-order valence-electron chi connectivity index (χ0n) is 24.6. The summed E-state index contributed by atoms with van der Waals surface area (Å²) < 4.78 is 32.9. The molecule has 6 rings (SSSR count). The van der Waals surface area contributed by atoms with Crippen molar-refractivity contribution in [2.24, 2.45) is 0 Å². The molecule has 2 aliphatic rings. The topological polar surface area (TPSA) is 140 Å². The number of nitro benzene ring substituents is 1. The van der Waals surface area contributed by atoms with E-state index in [9.17, 15) is 28.1 Å². The van der Waals surface area contributed by atoms with Gasteiger partial charge >= 0.3 is 5.97 Å². The number of allylic oxidation sites excluding steroid dienone is 1. The molecule has 0 radical (unpaired) electrons. The van der Waals surface area contributed by atoms with Crippen molar-refractivity contribution in [1.82, 2.24) is 14.2 Å². The van der Waals surface area contributed by atoms with Crippen LogP contribution < -0.4 is 0 Å². The van der Waals surface area contributed by atoms with E-state index < -0.39 is 33.4 Å². The third-order valence-corrected chi connectivity index (χ3v) is 10.3. The van der Waals surface area contributed by atoms with E-state index in [0.717, 1.165) is 12.0 Å². The van der Waals surface area contributed by atoms with Crippen molar-refractivity contribution in [3.63, 3.8) is 0 Å². The van der Waals surface area contributed by atoms with Crippen LogP contribution in [0.1, 0.15) is 40.0 Å². The molecule has 13 heteroatoms. The number of carbonyl (C=O) groups is 2. The van der Waals surface area contributed by atoms with Gasteiger partial charge in [0.1, 0.15) is 0 Å². The minimum absolute atomic E-state index is 0.0182. The van der Waals surface area contributed by atoms with E-state index in [1.807, 2.05) is 12.1 Å². The summed E-state index contributed by atoms with van der Waals surface area (Å²) in [6, 6.07) is 19.5. The van der Waals surface area contributed by atoms with Crippen molar-refractivity contribution < 1.29 is 27.7 Å². The number of carbonyl (C=O) groups excluding carboxylic acids is 2. The minimum atomic E-state index is -3.74. The SMILES string of the molecule is O=C(OCC(=O)N1CCN(S(=O)(=O)c2ccc(Cl)cc2)CC1)c1c2c(nc3ccccc13)/C(=C\c1cccc([N+](=O)[O-])c1)CCC2. The molecule has 0 bridgehead atoms. The maximum Gasteiger partial charge on any atom is 0.339 e. The summed E-state index contributed by atoms with van der Waals surface area (Å²) in [5.74, 6) is -1.07. The fraction of sp³-hybridized carbons (Fsp3) is 0.242. The van der Waals surface area contributed by atoms with E-state index in [1.54, 1.807) is 30.3 Å². The standard InChI is InChI=1S/C33H29ClN4O7S/c34-24-11-13-26(14-12-24)46(43,44)37-17-15-36(16-18-37)30(39)21-45-33(40)31-27-8-1-2-10-29(27)35-32-23(6-4-9-28(31)32)19-22-5-3-7-25(20-22)38(41)42/h1-3,5,7-8,10-14,19-20H,4,6,9,15-18,21H2/b23-19-. The number of benzene rings is 3. The van der Waals surface area contributed by atoms with Gasteiger partial charge in [-0.25, -0.2) is 18.2 Å². The summed E-state index contributed by atoms with van der Waals surface area (Å²) in [6.07, 6.45) is 3.84. The molecule has 0 atom stereocenters. The Labute approximate surface area is 270 Å². The average Bonchev–Trinajstić information content (AvgIpc) is 3.06. The largest absolute Gasteiger partial charge is 0.452 e. The van der Waals surface area contributed by atoms with Gasteiger partial charge in [-0.1, -0.05) is 41.9 Å². The molecule has 0 spiro atoms. The van der Waals surface area contributed by atoms with Gasteiger partial charge in [0.15, 0.2) is 6.61 Å². The van der Waals surface area contributed by atoms with Crippen LogP contribution in [0.3, 0.4) is 0 Å². The highest BCUT2D eigenvalue weighted by Gasteiger charge is 2.31. The van der Waals surface area contributed by atoms with Crippen LogP contribution in [-0.2, 0) is 26.0 Å². The van der Waals surface area contributed by atoms with Gasteiger partial charge < -0.3 is 9.64 Å². The molecule has 11 nitrogen and oxygen atoms in total. The van der Waals surface area contributed by atoms with Crippen LogP contribution in [0.25, 0.3) is 22.6 Å². The van der Waals surface area contributed by atoms with E-state index in [4.69, 9.17) is 21.3 Å². The molecule has 46 heavy (non-hydrogen) atoms. The third kappa shape index (κ3) is 6.37. The monoisotopic (exact) mass is 660 g/mol. The number of pyridine rings is 1. The predicted octanol–water partition coefficient (Wildman–Crippen LogP) is 5.36. The van der Waals surface area contributed by atoms with Gasteiger partial charge in [0.05, 0.1) is 26.6 Å². The van der Waals surface area contributed by atoms with Crippen molar-refractivity contribution in [2.45, 2.75) is 24.2 Å². The lowest BCUT2D eigenvalue weighted by Gasteiger charge is -2.33. The van der Waals surface area contributed by atoms with Crippen LogP contribution in [0.15, 0.2) is 77.7 Å². The van der Waals surface area contributed by atoms with Crippen molar-refractivity contribution in [1.29, 1.82) is 0 Å². The molecule has 1 saturated heterocycles. The summed E-state index contributed by atoms with van der Waals surface area (Å²) in [6.45, 7) is 0.0232. The highest BCUT2D eigenvalue weighted by molar-refractivity contribution is 7.89. The lowest BCUT2D eigenvalue weighted by Crippen LogP contribution is -2.51. The molecular weight excluding hydrogens is 632 g/mol. The summed E-state index contributed by atoms with van der Waals surface area (Å²) >= 11 is 5.89. The molecule has 236 valence electrons. The fourth-order valence-electron chi connectivity index (χ4n) is 5.86. The second-order valence-electron chi connectivity index (χ2n) is 11.0. The molecule has 1 fully saturated rings. The Kier molecular flexibility index (Phi) is 8.85. The van der Waals surface area contributed by atoms with Gasteiger partial charge in [-0.2, -0.15) is 4.31 Å². The number of nitro groups is 1. The van der Waals surface area contributed by atoms with Gasteiger partial charge in [0.2, 0.25) is 10.0 Å². The van der Waals surface area contributed by atoms with Crippen LogP contribution in [-0.4, -0.2) is 72.2 Å². The Hall–Kier alpha value is -4.65. The zero-order valence-corrected chi connectivity index (χ0v) is 26.2. The normalized spacial score (nSPS) is 16.3. The second-order valence-corrected chi connectivity index (χ2v) is 13.4. The smallest absolute Gasteiger partial charge is 0.339 e. The first-order valence-electron chi connectivity index (χ1n) is 14.7. The van der Waals surface area contributed by atoms with Gasteiger partial charge in [0.25, 0.3) is 11.6 Å². The summed E-state index contributed by atoms with van der Waals surface area (Å²) in [4.78, 5) is 44.1. The molecule has 2 heterocycles. The van der Waals surface area contributed by atoms with E-state index in [0.29, 0.717) is 51.2 Å². The molecule has 0 N–H and O–H groups in total. The molecule has 3 aromatic carbocycles. The van der Waals surface area contributed by atoms with Crippen LogP contribution in [0, 0.1) is 10.1 Å². The van der Waals surface area contributed by atoms with Crippen LogP contribution >= 0.6 is 11.6 Å². The number of piperazine rings is 1. The molecule has 1 aliphatic carbocycles. The first kappa shape index (κ1) is 31.3. The number of hydrogen-bond acceptors (Lipinski definition) is 8. The van der Waals surface area contributed by atoms with Gasteiger partial charge in [0, 0.05) is 48.7 Å². The number of sulfonamides is 1. The minimum Gasteiger partial charge on any atom is -0.452 e.